The molecule has 1 atom stereocenters. The van der Waals surface area contributed by atoms with Gasteiger partial charge in [0, 0.05) is 24.5 Å². The van der Waals surface area contributed by atoms with Gasteiger partial charge in [0.1, 0.15) is 11.4 Å². The van der Waals surface area contributed by atoms with Gasteiger partial charge >= 0.3 is 6.18 Å². The number of aliphatic hydroxyl groups is 1. The van der Waals surface area contributed by atoms with E-state index in [1.165, 1.54) is 18.1 Å². The smallest absolute Gasteiger partial charge is 0.433 e. The highest BCUT2D eigenvalue weighted by molar-refractivity contribution is 5.97. The summed E-state index contributed by atoms with van der Waals surface area (Å²) in [6.45, 7) is 0.128. The van der Waals surface area contributed by atoms with Gasteiger partial charge in [-0.15, -0.1) is 0 Å². The largest absolute Gasteiger partial charge is 0.497 e. The van der Waals surface area contributed by atoms with Crippen LogP contribution in [-0.2, 0) is 17.4 Å². The third-order valence-electron chi connectivity index (χ3n) is 4.72. The lowest BCUT2D eigenvalue weighted by Gasteiger charge is -2.26. The minimum absolute atomic E-state index is 0.128. The predicted octanol–water partition coefficient (Wildman–Crippen LogP) is 4.42. The van der Waals surface area contributed by atoms with E-state index in [1.54, 1.807) is 54.6 Å². The van der Waals surface area contributed by atoms with Crippen LogP contribution in [0.25, 0.3) is 0 Å². The van der Waals surface area contributed by atoms with E-state index in [1.807, 2.05) is 0 Å². The van der Waals surface area contributed by atoms with E-state index in [4.69, 9.17) is 4.74 Å². The summed E-state index contributed by atoms with van der Waals surface area (Å²) >= 11 is 0. The molecule has 0 aliphatic rings. The molecule has 1 heterocycles. The summed E-state index contributed by atoms with van der Waals surface area (Å²) in [5, 5.41) is 10.6. The number of alkyl halides is 3. The zero-order chi connectivity index (χ0) is 22.4. The van der Waals surface area contributed by atoms with Crippen molar-refractivity contribution in [3.63, 3.8) is 0 Å². The van der Waals surface area contributed by atoms with E-state index in [0.717, 1.165) is 12.3 Å². The van der Waals surface area contributed by atoms with Crippen LogP contribution in [0.2, 0.25) is 0 Å². The lowest BCUT2D eigenvalue weighted by Crippen LogP contribution is -2.37. The molecule has 1 N–H and O–H groups in total. The molecule has 3 aromatic rings. The highest BCUT2D eigenvalue weighted by Gasteiger charge is 2.32. The van der Waals surface area contributed by atoms with Gasteiger partial charge in [-0.2, -0.15) is 13.2 Å². The minimum atomic E-state index is -4.51. The SMILES string of the molecule is COc1cccc(N(CCc2ccc(C(F)(F)F)nc2)C(=O)[C@@H](O)c2ccccc2)c1. The molecule has 1 aromatic heterocycles. The van der Waals surface area contributed by atoms with Crippen LogP contribution >= 0.6 is 0 Å². The van der Waals surface area contributed by atoms with Gasteiger partial charge in [-0.3, -0.25) is 9.78 Å². The quantitative estimate of drug-likeness (QED) is 0.603. The number of methoxy groups -OCH3 is 1. The topological polar surface area (TPSA) is 62.7 Å². The van der Waals surface area contributed by atoms with Crippen LogP contribution in [0.15, 0.2) is 72.9 Å². The van der Waals surface area contributed by atoms with Gasteiger partial charge < -0.3 is 14.7 Å². The van der Waals surface area contributed by atoms with Crippen LogP contribution in [0.3, 0.4) is 0 Å². The number of rotatable bonds is 7. The normalized spacial score (nSPS) is 12.3. The summed E-state index contributed by atoms with van der Waals surface area (Å²) in [5.74, 6) is -0.0278. The van der Waals surface area contributed by atoms with Gasteiger partial charge in [0.25, 0.3) is 5.91 Å². The highest BCUT2D eigenvalue weighted by atomic mass is 19.4. The number of aliphatic hydroxyl groups excluding tert-OH is 1. The molecular formula is C23H21F3N2O3. The maximum Gasteiger partial charge on any atom is 0.433 e. The number of aromatic nitrogens is 1. The van der Waals surface area contributed by atoms with Crippen molar-refractivity contribution < 1.29 is 27.8 Å². The number of anilines is 1. The predicted molar refractivity (Wildman–Crippen MR) is 110 cm³/mol. The first-order chi connectivity index (χ1) is 14.8. The Morgan fingerprint density at radius 3 is 2.45 bits per heavy atom. The number of nitrogens with zero attached hydrogens (tertiary/aromatic N) is 2. The summed E-state index contributed by atoms with van der Waals surface area (Å²) in [7, 11) is 1.50. The van der Waals surface area contributed by atoms with Gasteiger partial charge in [-0.05, 0) is 35.7 Å². The molecule has 5 nitrogen and oxygen atoms in total. The number of amides is 1. The van der Waals surface area contributed by atoms with Gasteiger partial charge in [0.2, 0.25) is 0 Å². The summed E-state index contributed by atoms with van der Waals surface area (Å²) in [5.41, 5.74) is 0.496. The van der Waals surface area contributed by atoms with E-state index in [0.29, 0.717) is 22.6 Å². The fourth-order valence-corrected chi connectivity index (χ4v) is 3.05. The minimum Gasteiger partial charge on any atom is -0.497 e. The maximum atomic E-state index is 13.1. The summed E-state index contributed by atoms with van der Waals surface area (Å²) in [6.07, 6.45) is -4.51. The average Bonchev–Trinajstić information content (AvgIpc) is 2.79. The van der Waals surface area contributed by atoms with Gasteiger partial charge in [0.15, 0.2) is 6.10 Å². The Morgan fingerprint density at radius 2 is 1.84 bits per heavy atom. The van der Waals surface area contributed by atoms with Crippen molar-refractivity contribution in [2.75, 3.05) is 18.6 Å². The standard InChI is InChI=1S/C23H21F3N2O3/c1-31-19-9-5-8-18(14-19)28(22(30)21(29)17-6-3-2-4-7-17)13-12-16-10-11-20(27-15-16)23(24,25)26/h2-11,14-15,21,29H,12-13H2,1H3/t21-/m0/s1. The second-order valence-corrected chi connectivity index (χ2v) is 6.80. The lowest BCUT2D eigenvalue weighted by molar-refractivity contribution is -0.141. The summed E-state index contributed by atoms with van der Waals surface area (Å²) < 4.78 is 43.4. The van der Waals surface area contributed by atoms with Crippen molar-refractivity contribution in [1.82, 2.24) is 4.98 Å². The van der Waals surface area contributed by atoms with Gasteiger partial charge in [0.05, 0.1) is 7.11 Å². The zero-order valence-corrected chi connectivity index (χ0v) is 16.7. The number of hydrogen-bond acceptors (Lipinski definition) is 4. The van der Waals surface area contributed by atoms with Crippen molar-refractivity contribution in [2.24, 2.45) is 0 Å². The van der Waals surface area contributed by atoms with Crippen molar-refractivity contribution in [3.05, 3.63) is 89.7 Å². The molecular weight excluding hydrogens is 409 g/mol. The molecule has 162 valence electrons. The zero-order valence-electron chi connectivity index (χ0n) is 16.7. The molecule has 0 aliphatic carbocycles. The molecule has 0 aliphatic heterocycles. The van der Waals surface area contributed by atoms with Crippen LogP contribution in [-0.4, -0.2) is 29.7 Å². The molecule has 0 spiro atoms. The van der Waals surface area contributed by atoms with Crippen LogP contribution in [0, 0.1) is 0 Å². The molecule has 2 aromatic carbocycles. The van der Waals surface area contributed by atoms with Gasteiger partial charge in [-0.25, -0.2) is 0 Å². The number of carbonyl (C=O) groups is 1. The molecule has 8 heteroatoms. The molecule has 0 radical (unpaired) electrons. The molecule has 0 unspecified atom stereocenters. The third-order valence-corrected chi connectivity index (χ3v) is 4.72. The first-order valence-electron chi connectivity index (χ1n) is 9.50. The van der Waals surface area contributed by atoms with Crippen molar-refractivity contribution in [3.8, 4) is 5.75 Å². The Balaban J connectivity index is 1.84. The number of benzene rings is 2. The van der Waals surface area contributed by atoms with Crippen molar-refractivity contribution >= 4 is 11.6 Å². The molecule has 0 bridgehead atoms. The average molecular weight is 430 g/mol. The number of carbonyl (C=O) groups excluding carboxylic acids is 1. The van der Waals surface area contributed by atoms with Crippen LogP contribution in [0.1, 0.15) is 22.9 Å². The molecule has 0 saturated carbocycles. The second-order valence-electron chi connectivity index (χ2n) is 6.80. The van der Waals surface area contributed by atoms with Crippen LogP contribution < -0.4 is 9.64 Å². The Bertz CT molecular complexity index is 1010. The van der Waals surface area contributed by atoms with E-state index in [2.05, 4.69) is 4.98 Å². The third kappa shape index (κ3) is 5.61. The van der Waals surface area contributed by atoms with Gasteiger partial charge in [-0.1, -0.05) is 42.5 Å². The Labute approximate surface area is 177 Å². The molecule has 1 amide bonds. The van der Waals surface area contributed by atoms with Crippen molar-refractivity contribution in [2.45, 2.75) is 18.7 Å². The fourth-order valence-electron chi connectivity index (χ4n) is 3.05. The molecule has 3 rings (SSSR count). The Morgan fingerprint density at radius 1 is 1.10 bits per heavy atom. The van der Waals surface area contributed by atoms with E-state index >= 15 is 0 Å². The van der Waals surface area contributed by atoms with Crippen molar-refractivity contribution in [1.29, 1.82) is 0 Å². The highest BCUT2D eigenvalue weighted by Crippen LogP contribution is 2.28. The fraction of sp³-hybridized carbons (Fsp3) is 0.217. The number of ether oxygens (including phenoxy) is 1. The van der Waals surface area contributed by atoms with E-state index < -0.39 is 23.9 Å². The molecule has 31 heavy (non-hydrogen) atoms. The second kappa shape index (κ2) is 9.61. The van der Waals surface area contributed by atoms with E-state index in [9.17, 15) is 23.1 Å². The Kier molecular flexibility index (Phi) is 6.91. The lowest BCUT2D eigenvalue weighted by atomic mass is 10.1. The molecule has 0 saturated heterocycles. The monoisotopic (exact) mass is 430 g/mol. The summed E-state index contributed by atoms with van der Waals surface area (Å²) in [4.78, 5) is 18.0. The summed E-state index contributed by atoms with van der Waals surface area (Å²) in [6, 6.07) is 17.5. The number of hydrogen-bond donors (Lipinski definition) is 1. The Hall–Kier alpha value is -3.39. The van der Waals surface area contributed by atoms with E-state index in [-0.39, 0.29) is 13.0 Å². The first-order valence-corrected chi connectivity index (χ1v) is 9.50. The van der Waals surface area contributed by atoms with Crippen LogP contribution in [0.4, 0.5) is 18.9 Å². The maximum absolute atomic E-state index is 13.1. The molecule has 0 fully saturated rings. The number of pyridine rings is 1. The first kappa shape index (κ1) is 22.3. The number of halogens is 3. The van der Waals surface area contributed by atoms with Crippen LogP contribution in [0.5, 0.6) is 5.75 Å².